The highest BCUT2D eigenvalue weighted by molar-refractivity contribution is 6.07. The fourth-order valence-corrected chi connectivity index (χ4v) is 2.13. The molecular formula is C14H10N2O2. The van der Waals surface area contributed by atoms with Crippen molar-refractivity contribution in [1.29, 1.82) is 0 Å². The Morgan fingerprint density at radius 1 is 1.11 bits per heavy atom. The van der Waals surface area contributed by atoms with Crippen molar-refractivity contribution < 1.29 is 9.90 Å². The summed E-state index contributed by atoms with van der Waals surface area (Å²) >= 11 is 0. The van der Waals surface area contributed by atoms with Crippen LogP contribution < -0.4 is 0 Å². The molecule has 0 aliphatic rings. The van der Waals surface area contributed by atoms with Gasteiger partial charge in [0.05, 0.1) is 23.8 Å². The van der Waals surface area contributed by atoms with Gasteiger partial charge >= 0.3 is 5.97 Å². The molecule has 0 radical (unpaired) electrons. The maximum absolute atomic E-state index is 11.2. The van der Waals surface area contributed by atoms with Crippen molar-refractivity contribution in [2.75, 3.05) is 0 Å². The second-order valence-corrected chi connectivity index (χ2v) is 3.98. The van der Waals surface area contributed by atoms with Crippen LogP contribution in [0.2, 0.25) is 0 Å². The standard InChI is InChI=1S/C14H10N2O2/c17-14(18)12-6-2-3-9-10(12)4-1-5-11(9)13-7-15-8-16-13/h1-8H,(H,15,16)(H,17,18). The topological polar surface area (TPSA) is 66.0 Å². The molecule has 0 unspecified atom stereocenters. The van der Waals surface area contributed by atoms with E-state index in [1.54, 1.807) is 24.7 Å². The Labute approximate surface area is 103 Å². The number of nitrogens with one attached hydrogen (secondary N) is 1. The maximum Gasteiger partial charge on any atom is 0.336 e. The molecule has 88 valence electrons. The SMILES string of the molecule is O=C(O)c1cccc2c(-c3cnc[nH]3)cccc12. The van der Waals surface area contributed by atoms with Crippen LogP contribution in [0.3, 0.4) is 0 Å². The summed E-state index contributed by atoms with van der Waals surface area (Å²) in [4.78, 5) is 18.2. The van der Waals surface area contributed by atoms with Gasteiger partial charge < -0.3 is 10.1 Å². The number of carbonyl (C=O) groups is 1. The lowest BCUT2D eigenvalue weighted by atomic mass is 9.99. The van der Waals surface area contributed by atoms with Crippen molar-refractivity contribution in [3.8, 4) is 11.3 Å². The lowest BCUT2D eigenvalue weighted by Crippen LogP contribution is -1.97. The summed E-state index contributed by atoms with van der Waals surface area (Å²) in [6.45, 7) is 0. The van der Waals surface area contributed by atoms with E-state index < -0.39 is 5.97 Å². The highest BCUT2D eigenvalue weighted by Gasteiger charge is 2.11. The average molecular weight is 238 g/mol. The molecule has 0 saturated heterocycles. The molecular weight excluding hydrogens is 228 g/mol. The normalized spacial score (nSPS) is 10.7. The predicted octanol–water partition coefficient (Wildman–Crippen LogP) is 2.93. The summed E-state index contributed by atoms with van der Waals surface area (Å²) in [5.74, 6) is -0.914. The third kappa shape index (κ3) is 1.55. The van der Waals surface area contributed by atoms with E-state index in [4.69, 9.17) is 0 Å². The van der Waals surface area contributed by atoms with Crippen LogP contribution in [0.5, 0.6) is 0 Å². The van der Waals surface area contributed by atoms with E-state index >= 15 is 0 Å². The number of imidazole rings is 1. The van der Waals surface area contributed by atoms with E-state index in [9.17, 15) is 9.90 Å². The molecule has 0 spiro atoms. The van der Waals surface area contributed by atoms with Gasteiger partial charge in [0.1, 0.15) is 0 Å². The van der Waals surface area contributed by atoms with Crippen LogP contribution in [-0.2, 0) is 0 Å². The van der Waals surface area contributed by atoms with Crippen molar-refractivity contribution in [3.63, 3.8) is 0 Å². The van der Waals surface area contributed by atoms with Gasteiger partial charge in [-0.3, -0.25) is 0 Å². The first-order valence-corrected chi connectivity index (χ1v) is 5.51. The van der Waals surface area contributed by atoms with Gasteiger partial charge in [-0.1, -0.05) is 30.3 Å². The molecule has 0 aliphatic heterocycles. The number of H-pyrrole nitrogens is 1. The molecule has 2 aromatic carbocycles. The van der Waals surface area contributed by atoms with Gasteiger partial charge in [0.15, 0.2) is 0 Å². The highest BCUT2D eigenvalue weighted by Crippen LogP contribution is 2.28. The van der Waals surface area contributed by atoms with Crippen LogP contribution in [-0.4, -0.2) is 21.0 Å². The zero-order valence-corrected chi connectivity index (χ0v) is 9.42. The quantitative estimate of drug-likeness (QED) is 0.721. The second kappa shape index (κ2) is 4.00. The first-order valence-electron chi connectivity index (χ1n) is 5.51. The number of benzene rings is 2. The Balaban J connectivity index is 2.36. The van der Waals surface area contributed by atoms with E-state index in [0.717, 1.165) is 22.0 Å². The van der Waals surface area contributed by atoms with Gasteiger partial charge in [-0.05, 0) is 16.8 Å². The first kappa shape index (κ1) is 10.5. The number of carboxylic acid groups (broad SMARTS) is 1. The van der Waals surface area contributed by atoms with E-state index in [0.29, 0.717) is 5.56 Å². The molecule has 2 N–H and O–H groups in total. The number of aromatic nitrogens is 2. The van der Waals surface area contributed by atoms with Gasteiger partial charge in [-0.2, -0.15) is 0 Å². The molecule has 0 fully saturated rings. The molecule has 0 bridgehead atoms. The minimum Gasteiger partial charge on any atom is -0.478 e. The molecule has 0 amide bonds. The van der Waals surface area contributed by atoms with Gasteiger partial charge in [-0.25, -0.2) is 9.78 Å². The first-order chi connectivity index (χ1) is 8.77. The van der Waals surface area contributed by atoms with Crippen LogP contribution in [0.1, 0.15) is 10.4 Å². The molecule has 18 heavy (non-hydrogen) atoms. The summed E-state index contributed by atoms with van der Waals surface area (Å²) in [5, 5.41) is 10.8. The monoisotopic (exact) mass is 238 g/mol. The van der Waals surface area contributed by atoms with Gasteiger partial charge in [0.2, 0.25) is 0 Å². The van der Waals surface area contributed by atoms with E-state index in [2.05, 4.69) is 9.97 Å². The zero-order chi connectivity index (χ0) is 12.5. The number of nitrogens with zero attached hydrogens (tertiary/aromatic N) is 1. The molecule has 0 saturated carbocycles. The summed E-state index contributed by atoms with van der Waals surface area (Å²) in [6, 6.07) is 10.9. The average Bonchev–Trinajstić information content (AvgIpc) is 2.91. The minimum atomic E-state index is -0.914. The number of fused-ring (bicyclic) bond motifs is 1. The molecule has 4 heteroatoms. The van der Waals surface area contributed by atoms with Crippen LogP contribution in [0, 0.1) is 0 Å². The summed E-state index contributed by atoms with van der Waals surface area (Å²) in [7, 11) is 0. The summed E-state index contributed by atoms with van der Waals surface area (Å²) in [5.41, 5.74) is 2.14. The largest absolute Gasteiger partial charge is 0.478 e. The number of hydrogen-bond acceptors (Lipinski definition) is 2. The number of aromatic amines is 1. The number of rotatable bonds is 2. The zero-order valence-electron chi connectivity index (χ0n) is 9.42. The smallest absolute Gasteiger partial charge is 0.336 e. The summed E-state index contributed by atoms with van der Waals surface area (Å²) in [6.07, 6.45) is 3.33. The number of carboxylic acids is 1. The number of aromatic carboxylic acids is 1. The Kier molecular flexibility index (Phi) is 2.34. The third-order valence-corrected chi connectivity index (χ3v) is 2.94. The highest BCUT2D eigenvalue weighted by atomic mass is 16.4. The molecule has 1 aromatic heterocycles. The van der Waals surface area contributed by atoms with Crippen LogP contribution in [0.25, 0.3) is 22.0 Å². The second-order valence-electron chi connectivity index (χ2n) is 3.98. The lowest BCUT2D eigenvalue weighted by Gasteiger charge is -2.06. The van der Waals surface area contributed by atoms with Crippen molar-refractivity contribution in [3.05, 3.63) is 54.5 Å². The summed E-state index contributed by atoms with van der Waals surface area (Å²) < 4.78 is 0. The van der Waals surface area contributed by atoms with Crippen LogP contribution in [0.15, 0.2) is 48.9 Å². The number of hydrogen-bond donors (Lipinski definition) is 2. The molecule has 3 rings (SSSR count). The maximum atomic E-state index is 11.2. The van der Waals surface area contributed by atoms with Crippen molar-refractivity contribution >= 4 is 16.7 Å². The van der Waals surface area contributed by atoms with Crippen molar-refractivity contribution in [2.24, 2.45) is 0 Å². The van der Waals surface area contributed by atoms with Crippen molar-refractivity contribution in [1.82, 2.24) is 9.97 Å². The Hall–Kier alpha value is -2.62. The molecule has 0 atom stereocenters. The van der Waals surface area contributed by atoms with Gasteiger partial charge in [0, 0.05) is 5.56 Å². The minimum absolute atomic E-state index is 0.314. The molecule has 4 nitrogen and oxygen atoms in total. The Bertz CT molecular complexity index is 718. The van der Waals surface area contributed by atoms with Crippen LogP contribution in [0.4, 0.5) is 0 Å². The Morgan fingerprint density at radius 2 is 1.89 bits per heavy atom. The van der Waals surface area contributed by atoms with Crippen molar-refractivity contribution in [2.45, 2.75) is 0 Å². The van der Waals surface area contributed by atoms with E-state index in [1.807, 2.05) is 24.3 Å². The lowest BCUT2D eigenvalue weighted by molar-refractivity contribution is 0.0699. The fourth-order valence-electron chi connectivity index (χ4n) is 2.13. The van der Waals surface area contributed by atoms with Crippen LogP contribution >= 0.6 is 0 Å². The predicted molar refractivity (Wildman–Crippen MR) is 68.5 cm³/mol. The fraction of sp³-hybridized carbons (Fsp3) is 0. The van der Waals surface area contributed by atoms with Gasteiger partial charge in [0.25, 0.3) is 0 Å². The molecule has 1 heterocycles. The molecule has 3 aromatic rings. The van der Waals surface area contributed by atoms with Gasteiger partial charge in [-0.15, -0.1) is 0 Å². The molecule has 0 aliphatic carbocycles. The third-order valence-electron chi connectivity index (χ3n) is 2.94. The van der Waals surface area contributed by atoms with E-state index in [1.165, 1.54) is 0 Å². The van der Waals surface area contributed by atoms with E-state index in [-0.39, 0.29) is 0 Å². The Morgan fingerprint density at radius 3 is 2.61 bits per heavy atom.